The second-order valence-electron chi connectivity index (χ2n) is 5.59. The Hall–Kier alpha value is -2.03. The fourth-order valence-corrected chi connectivity index (χ4v) is 2.28. The Kier molecular flexibility index (Phi) is 11.4. The molecule has 9 heteroatoms. The molecule has 24 heavy (non-hydrogen) atoms. The van der Waals surface area contributed by atoms with Gasteiger partial charge in [0.2, 0.25) is 5.91 Å². The summed E-state index contributed by atoms with van der Waals surface area (Å²) in [7, 11) is 2.82. The summed E-state index contributed by atoms with van der Waals surface area (Å²) in [6.07, 6.45) is 3.64. The predicted octanol–water partition coefficient (Wildman–Crippen LogP) is 0.135. The van der Waals surface area contributed by atoms with Gasteiger partial charge in [-0.05, 0) is 19.3 Å². The Morgan fingerprint density at radius 1 is 1.29 bits per heavy atom. The lowest BCUT2D eigenvalue weighted by atomic mass is 10.0. The smallest absolute Gasteiger partial charge is 0.404 e. The molecule has 0 aromatic heterocycles. The van der Waals surface area contributed by atoms with E-state index in [1.54, 1.807) is 7.05 Å². The Morgan fingerprint density at radius 3 is 2.25 bits per heavy atom. The molecule has 0 aliphatic carbocycles. The molecule has 1 unspecified atom stereocenters. The van der Waals surface area contributed by atoms with Gasteiger partial charge in [-0.1, -0.05) is 19.8 Å². The number of methoxy groups -OCH3 is 1. The van der Waals surface area contributed by atoms with Crippen LogP contribution in [-0.2, 0) is 9.53 Å². The molecule has 1 rings (SSSR count). The Balaban J connectivity index is 0.000000922. The van der Waals surface area contributed by atoms with Gasteiger partial charge in [-0.2, -0.15) is 0 Å². The second-order valence-corrected chi connectivity index (χ2v) is 5.59. The molecule has 4 amide bonds. The zero-order valence-electron chi connectivity index (χ0n) is 14.8. The van der Waals surface area contributed by atoms with Crippen LogP contribution < -0.4 is 22.1 Å². The number of unbranched alkanes of at least 4 members (excludes halogenated alkanes) is 1. The number of piperidine rings is 1. The van der Waals surface area contributed by atoms with Crippen molar-refractivity contribution in [2.75, 3.05) is 27.2 Å². The quantitative estimate of drug-likeness (QED) is 0.561. The summed E-state index contributed by atoms with van der Waals surface area (Å²) >= 11 is 0. The molecule has 140 valence electrons. The number of urea groups is 1. The summed E-state index contributed by atoms with van der Waals surface area (Å²) < 4.78 is 3.89. The summed E-state index contributed by atoms with van der Waals surface area (Å²) in [5, 5.41) is 5.41. The third-order valence-corrected chi connectivity index (χ3v) is 3.76. The number of rotatable bonds is 5. The molecule has 1 heterocycles. The molecule has 9 nitrogen and oxygen atoms in total. The van der Waals surface area contributed by atoms with E-state index in [9.17, 15) is 14.4 Å². The first-order valence-electron chi connectivity index (χ1n) is 8.21. The molecule has 1 aliphatic rings. The molecule has 1 saturated heterocycles. The van der Waals surface area contributed by atoms with Gasteiger partial charge in [0.05, 0.1) is 13.2 Å². The molecular weight excluding hydrogens is 314 g/mol. The van der Waals surface area contributed by atoms with Crippen LogP contribution in [0.1, 0.15) is 39.0 Å². The number of ether oxygens (including phenoxy) is 1. The van der Waals surface area contributed by atoms with Crippen LogP contribution in [0, 0.1) is 0 Å². The number of hydrogen-bond acceptors (Lipinski definition) is 5. The van der Waals surface area contributed by atoms with Gasteiger partial charge in [0.1, 0.15) is 0 Å². The third-order valence-electron chi connectivity index (χ3n) is 3.76. The Morgan fingerprint density at radius 2 is 1.83 bits per heavy atom. The van der Waals surface area contributed by atoms with Crippen LogP contribution in [0.3, 0.4) is 0 Å². The highest BCUT2D eigenvalue weighted by Crippen LogP contribution is 2.12. The lowest BCUT2D eigenvalue weighted by molar-refractivity contribution is -0.133. The van der Waals surface area contributed by atoms with Crippen molar-refractivity contribution in [3.05, 3.63) is 0 Å². The number of primary amides is 1. The highest BCUT2D eigenvalue weighted by Gasteiger charge is 2.26. The summed E-state index contributed by atoms with van der Waals surface area (Å²) in [6, 6.07) is -0.385. The molecule has 1 fully saturated rings. The van der Waals surface area contributed by atoms with E-state index in [4.69, 9.17) is 5.73 Å². The van der Waals surface area contributed by atoms with E-state index in [1.165, 1.54) is 7.11 Å². The number of nitrogens with two attached hydrogens (primary N) is 2. The molecule has 0 aromatic rings. The lowest BCUT2D eigenvalue weighted by Crippen LogP contribution is -2.51. The van der Waals surface area contributed by atoms with Gasteiger partial charge in [-0.15, -0.1) is 0 Å². The maximum Gasteiger partial charge on any atom is 0.404 e. The number of carbonyl (C=O) groups is 3. The summed E-state index contributed by atoms with van der Waals surface area (Å²) in [4.78, 5) is 34.5. The standard InChI is InChI=1S/C13H26N4O2.C2H5NO2/c1-3-4-5-11(14)12(18)17-8-6-10(7-9-17)16-13(19)15-2;1-5-2(3)4/h10-11H,3-9,14H2,1-2H3,(H2,15,16,19);1H3,(H2,3,4). The van der Waals surface area contributed by atoms with E-state index in [0.29, 0.717) is 13.1 Å². The number of carbonyl (C=O) groups excluding carboxylic acids is 3. The Bertz CT molecular complexity index is 397. The summed E-state index contributed by atoms with van der Waals surface area (Å²) in [6.45, 7) is 3.44. The molecule has 6 N–H and O–H groups in total. The normalized spacial score (nSPS) is 15.6. The number of likely N-dealkylation sites (tertiary alicyclic amines) is 1. The van der Waals surface area contributed by atoms with Crippen molar-refractivity contribution in [2.24, 2.45) is 11.5 Å². The van der Waals surface area contributed by atoms with Crippen LogP contribution >= 0.6 is 0 Å². The van der Waals surface area contributed by atoms with Crippen molar-refractivity contribution >= 4 is 18.0 Å². The van der Waals surface area contributed by atoms with Gasteiger partial charge in [0.25, 0.3) is 0 Å². The first kappa shape index (κ1) is 22.0. The van der Waals surface area contributed by atoms with E-state index in [2.05, 4.69) is 28.0 Å². The van der Waals surface area contributed by atoms with E-state index >= 15 is 0 Å². The second kappa shape index (κ2) is 12.4. The monoisotopic (exact) mass is 345 g/mol. The van der Waals surface area contributed by atoms with Crippen LogP contribution in [0.2, 0.25) is 0 Å². The fourth-order valence-electron chi connectivity index (χ4n) is 2.28. The van der Waals surface area contributed by atoms with Crippen LogP contribution in [0.25, 0.3) is 0 Å². The van der Waals surface area contributed by atoms with Gasteiger partial charge in [-0.3, -0.25) is 4.79 Å². The first-order valence-corrected chi connectivity index (χ1v) is 8.21. The molecule has 1 atom stereocenters. The van der Waals surface area contributed by atoms with Crippen molar-refractivity contribution < 1.29 is 19.1 Å². The molecule has 0 spiro atoms. The molecule has 0 aromatic carbocycles. The van der Waals surface area contributed by atoms with Crippen LogP contribution in [0.4, 0.5) is 9.59 Å². The summed E-state index contributed by atoms with van der Waals surface area (Å²) in [5.41, 5.74) is 10.3. The SMILES string of the molecule is CCCCC(N)C(=O)N1CCC(NC(=O)NC)CC1.COC(N)=O. The van der Waals surface area contributed by atoms with Crippen LogP contribution in [0.15, 0.2) is 0 Å². The third kappa shape index (κ3) is 9.19. The van der Waals surface area contributed by atoms with Gasteiger partial charge < -0.3 is 31.7 Å². The van der Waals surface area contributed by atoms with Gasteiger partial charge in [0, 0.05) is 26.2 Å². The van der Waals surface area contributed by atoms with Crippen molar-refractivity contribution in [2.45, 2.75) is 51.1 Å². The molecular formula is C15H31N5O4. The average molecular weight is 345 g/mol. The van der Waals surface area contributed by atoms with Crippen molar-refractivity contribution in [1.82, 2.24) is 15.5 Å². The number of amides is 4. The van der Waals surface area contributed by atoms with Gasteiger partial charge in [-0.25, -0.2) is 9.59 Å². The van der Waals surface area contributed by atoms with E-state index in [1.807, 2.05) is 4.90 Å². The first-order chi connectivity index (χ1) is 11.3. The highest BCUT2D eigenvalue weighted by molar-refractivity contribution is 5.81. The maximum atomic E-state index is 12.1. The largest absolute Gasteiger partial charge is 0.453 e. The maximum absolute atomic E-state index is 12.1. The number of hydrogen-bond donors (Lipinski definition) is 4. The van der Waals surface area contributed by atoms with E-state index in [-0.39, 0.29) is 24.0 Å². The van der Waals surface area contributed by atoms with Crippen molar-refractivity contribution in [3.63, 3.8) is 0 Å². The minimum atomic E-state index is -0.745. The Labute approximate surface area is 143 Å². The van der Waals surface area contributed by atoms with Gasteiger partial charge in [0.15, 0.2) is 0 Å². The molecule has 1 aliphatic heterocycles. The number of nitrogens with one attached hydrogen (secondary N) is 2. The van der Waals surface area contributed by atoms with Crippen molar-refractivity contribution in [3.8, 4) is 0 Å². The molecule has 0 radical (unpaired) electrons. The molecule has 0 saturated carbocycles. The van der Waals surface area contributed by atoms with Gasteiger partial charge >= 0.3 is 12.1 Å². The average Bonchev–Trinajstić information content (AvgIpc) is 2.59. The van der Waals surface area contributed by atoms with Crippen LogP contribution in [-0.4, -0.2) is 62.3 Å². The topological polar surface area (TPSA) is 140 Å². The molecule has 0 bridgehead atoms. The zero-order chi connectivity index (χ0) is 18.5. The fraction of sp³-hybridized carbons (Fsp3) is 0.800. The van der Waals surface area contributed by atoms with Crippen molar-refractivity contribution in [1.29, 1.82) is 0 Å². The minimum absolute atomic E-state index is 0.0480. The highest BCUT2D eigenvalue weighted by atomic mass is 16.5. The zero-order valence-corrected chi connectivity index (χ0v) is 14.8. The van der Waals surface area contributed by atoms with Crippen LogP contribution in [0.5, 0.6) is 0 Å². The minimum Gasteiger partial charge on any atom is -0.453 e. The number of nitrogens with zero attached hydrogens (tertiary/aromatic N) is 1. The van der Waals surface area contributed by atoms with E-state index in [0.717, 1.165) is 32.1 Å². The predicted molar refractivity (Wildman–Crippen MR) is 91.3 cm³/mol. The lowest BCUT2D eigenvalue weighted by Gasteiger charge is -2.33. The van der Waals surface area contributed by atoms with E-state index < -0.39 is 6.09 Å². The summed E-state index contributed by atoms with van der Waals surface area (Å²) in [5.74, 6) is 0.0480.